The molecule has 2 N–H and O–H groups in total. The fraction of sp³-hybridized carbons (Fsp3) is 0.278. The van der Waals surface area contributed by atoms with Gasteiger partial charge in [-0.3, -0.25) is 19.1 Å². The average molecular weight is 400 g/mol. The van der Waals surface area contributed by atoms with Crippen LogP contribution < -0.4 is 10.6 Å². The maximum atomic E-state index is 12.0. The van der Waals surface area contributed by atoms with Crippen LogP contribution in [0.25, 0.3) is 11.4 Å². The summed E-state index contributed by atoms with van der Waals surface area (Å²) in [4.78, 5) is 27.0. The Morgan fingerprint density at radius 1 is 1.18 bits per heavy atom. The Labute approximate surface area is 165 Å². The molecule has 0 spiro atoms. The maximum Gasteiger partial charge on any atom is 0.230 e. The molecule has 0 aliphatic heterocycles. The van der Waals surface area contributed by atoms with Crippen LogP contribution in [0, 0.1) is 0 Å². The van der Waals surface area contributed by atoms with Gasteiger partial charge < -0.3 is 15.1 Å². The number of carbonyl (C=O) groups excluding carboxylic acids is 2. The van der Waals surface area contributed by atoms with Crippen molar-refractivity contribution < 1.29 is 14.0 Å². The molecule has 10 heteroatoms. The lowest BCUT2D eigenvalue weighted by atomic mass is 10.2. The highest BCUT2D eigenvalue weighted by atomic mass is 32.2. The summed E-state index contributed by atoms with van der Waals surface area (Å²) in [5.41, 5.74) is 0.827. The van der Waals surface area contributed by atoms with E-state index >= 15 is 0 Å². The Hall–Kier alpha value is -3.14. The van der Waals surface area contributed by atoms with Gasteiger partial charge in [0.2, 0.25) is 11.8 Å². The van der Waals surface area contributed by atoms with E-state index in [-0.39, 0.29) is 17.6 Å². The highest BCUT2D eigenvalue weighted by Gasteiger charge is 2.17. The lowest BCUT2D eigenvalue weighted by Crippen LogP contribution is -2.34. The van der Waals surface area contributed by atoms with Gasteiger partial charge in [-0.1, -0.05) is 11.8 Å². The van der Waals surface area contributed by atoms with Crippen LogP contribution in [-0.4, -0.2) is 50.4 Å². The van der Waals surface area contributed by atoms with E-state index in [1.807, 2.05) is 28.8 Å². The minimum absolute atomic E-state index is 0.127. The lowest BCUT2D eigenvalue weighted by molar-refractivity contribution is -0.120. The van der Waals surface area contributed by atoms with Crippen LogP contribution in [0.15, 0.2) is 52.5 Å². The van der Waals surface area contributed by atoms with E-state index in [1.165, 1.54) is 18.7 Å². The molecule has 0 bridgehead atoms. The second-order valence-corrected chi connectivity index (χ2v) is 6.78. The van der Waals surface area contributed by atoms with E-state index in [2.05, 4.69) is 25.8 Å². The zero-order valence-electron chi connectivity index (χ0n) is 15.3. The number of thioether (sulfide) groups is 1. The SMILES string of the molecule is CC(=O)NCCNC(=O)CSc1nnc(-c2cccnc2)n1Cc1ccco1. The monoisotopic (exact) mass is 400 g/mol. The molecular formula is C18H20N6O3S. The highest BCUT2D eigenvalue weighted by Crippen LogP contribution is 2.24. The number of furan rings is 1. The Morgan fingerprint density at radius 3 is 2.75 bits per heavy atom. The molecule has 3 heterocycles. The van der Waals surface area contributed by atoms with Gasteiger partial charge in [0.15, 0.2) is 11.0 Å². The zero-order valence-corrected chi connectivity index (χ0v) is 16.1. The standard InChI is InChI=1S/C18H20N6O3S/c1-13(25)20-7-8-21-16(26)12-28-18-23-22-17(14-4-2-6-19-10-14)24(18)11-15-5-3-9-27-15/h2-6,9-10H,7-8,11-12H2,1H3,(H,20,25)(H,21,26). The summed E-state index contributed by atoms with van der Waals surface area (Å²) in [5.74, 6) is 1.32. The van der Waals surface area contributed by atoms with E-state index in [0.717, 1.165) is 11.3 Å². The minimum Gasteiger partial charge on any atom is -0.467 e. The molecule has 0 unspecified atom stereocenters. The largest absolute Gasteiger partial charge is 0.467 e. The van der Waals surface area contributed by atoms with E-state index in [4.69, 9.17) is 4.42 Å². The number of hydrogen-bond acceptors (Lipinski definition) is 7. The van der Waals surface area contributed by atoms with E-state index < -0.39 is 0 Å². The van der Waals surface area contributed by atoms with Crippen LogP contribution in [0.2, 0.25) is 0 Å². The van der Waals surface area contributed by atoms with Gasteiger partial charge in [-0.25, -0.2) is 0 Å². The van der Waals surface area contributed by atoms with Gasteiger partial charge in [-0.05, 0) is 24.3 Å². The molecule has 0 aliphatic rings. The van der Waals surface area contributed by atoms with Crippen molar-refractivity contribution in [1.82, 2.24) is 30.4 Å². The molecule has 2 amide bonds. The third-order valence-electron chi connectivity index (χ3n) is 3.68. The third-order valence-corrected chi connectivity index (χ3v) is 4.65. The lowest BCUT2D eigenvalue weighted by Gasteiger charge is -2.09. The normalized spacial score (nSPS) is 10.6. The van der Waals surface area contributed by atoms with Crippen LogP contribution in [0.4, 0.5) is 0 Å². The van der Waals surface area contributed by atoms with Crippen LogP contribution in [0.3, 0.4) is 0 Å². The van der Waals surface area contributed by atoms with Gasteiger partial charge in [0.05, 0.1) is 18.6 Å². The molecule has 0 saturated carbocycles. The van der Waals surface area contributed by atoms with Gasteiger partial charge in [0.25, 0.3) is 0 Å². The molecule has 146 valence electrons. The van der Waals surface area contributed by atoms with Crippen LogP contribution >= 0.6 is 11.8 Å². The fourth-order valence-corrected chi connectivity index (χ4v) is 3.19. The third kappa shape index (κ3) is 5.43. The number of amides is 2. The molecule has 0 saturated heterocycles. The molecular weight excluding hydrogens is 380 g/mol. The van der Waals surface area contributed by atoms with Gasteiger partial charge in [0.1, 0.15) is 5.76 Å². The fourth-order valence-electron chi connectivity index (χ4n) is 2.43. The van der Waals surface area contributed by atoms with Crippen molar-refractivity contribution in [1.29, 1.82) is 0 Å². The summed E-state index contributed by atoms with van der Waals surface area (Å²) in [7, 11) is 0. The van der Waals surface area contributed by atoms with Gasteiger partial charge >= 0.3 is 0 Å². The van der Waals surface area contributed by atoms with E-state index in [9.17, 15) is 9.59 Å². The Kier molecular flexibility index (Phi) is 6.79. The van der Waals surface area contributed by atoms with Crippen molar-refractivity contribution in [2.45, 2.75) is 18.6 Å². The topological polar surface area (TPSA) is 115 Å². The van der Waals surface area contributed by atoms with Crippen molar-refractivity contribution in [3.05, 3.63) is 48.7 Å². The summed E-state index contributed by atoms with van der Waals surface area (Å²) in [5, 5.41) is 14.5. The molecule has 0 aromatic carbocycles. The summed E-state index contributed by atoms with van der Waals surface area (Å²) in [6.07, 6.45) is 5.02. The average Bonchev–Trinajstić information content (AvgIpc) is 3.35. The maximum absolute atomic E-state index is 12.0. The predicted octanol–water partition coefficient (Wildman–Crippen LogP) is 1.33. The number of nitrogens with one attached hydrogen (secondary N) is 2. The zero-order chi connectivity index (χ0) is 19.8. The summed E-state index contributed by atoms with van der Waals surface area (Å²) in [6, 6.07) is 7.42. The second-order valence-electron chi connectivity index (χ2n) is 5.83. The Balaban J connectivity index is 1.67. The van der Waals surface area contributed by atoms with Crippen molar-refractivity contribution in [3.63, 3.8) is 0 Å². The van der Waals surface area contributed by atoms with Crippen LogP contribution in [-0.2, 0) is 16.1 Å². The number of nitrogens with zero attached hydrogens (tertiary/aromatic N) is 4. The smallest absolute Gasteiger partial charge is 0.230 e. The number of hydrogen-bond donors (Lipinski definition) is 2. The number of pyridine rings is 1. The molecule has 0 fully saturated rings. The number of aromatic nitrogens is 4. The minimum atomic E-state index is -0.147. The Bertz CT molecular complexity index is 911. The van der Waals surface area contributed by atoms with Crippen LogP contribution in [0.5, 0.6) is 0 Å². The highest BCUT2D eigenvalue weighted by molar-refractivity contribution is 7.99. The number of carbonyl (C=O) groups is 2. The van der Waals surface area contributed by atoms with Crippen molar-refractivity contribution in [2.75, 3.05) is 18.8 Å². The molecule has 9 nitrogen and oxygen atoms in total. The quantitative estimate of drug-likeness (QED) is 0.411. The first kappa shape index (κ1) is 19.6. The van der Waals surface area contributed by atoms with Gasteiger partial charge in [-0.2, -0.15) is 0 Å². The molecule has 0 atom stereocenters. The molecule has 3 rings (SSSR count). The molecule has 28 heavy (non-hydrogen) atoms. The summed E-state index contributed by atoms with van der Waals surface area (Å²) < 4.78 is 7.34. The number of rotatable bonds is 9. The predicted molar refractivity (Wildman–Crippen MR) is 103 cm³/mol. The second kappa shape index (κ2) is 9.70. The molecule has 3 aromatic heterocycles. The van der Waals surface area contributed by atoms with E-state index in [0.29, 0.717) is 30.6 Å². The first-order valence-electron chi connectivity index (χ1n) is 8.63. The van der Waals surface area contributed by atoms with Crippen molar-refractivity contribution >= 4 is 23.6 Å². The molecule has 0 radical (unpaired) electrons. The first-order valence-corrected chi connectivity index (χ1v) is 9.62. The Morgan fingerprint density at radius 2 is 2.04 bits per heavy atom. The summed E-state index contributed by atoms with van der Waals surface area (Å²) in [6.45, 7) is 2.64. The van der Waals surface area contributed by atoms with Gasteiger partial charge in [0, 0.05) is 38.0 Å². The molecule has 0 aliphatic carbocycles. The van der Waals surface area contributed by atoms with Gasteiger partial charge in [-0.15, -0.1) is 10.2 Å². The van der Waals surface area contributed by atoms with Crippen molar-refractivity contribution in [2.24, 2.45) is 0 Å². The molecule has 3 aromatic rings. The first-order chi connectivity index (χ1) is 13.6. The van der Waals surface area contributed by atoms with Crippen molar-refractivity contribution in [3.8, 4) is 11.4 Å². The summed E-state index contributed by atoms with van der Waals surface area (Å²) >= 11 is 1.28. The van der Waals surface area contributed by atoms with Crippen LogP contribution in [0.1, 0.15) is 12.7 Å². The van der Waals surface area contributed by atoms with E-state index in [1.54, 1.807) is 18.7 Å².